The van der Waals surface area contributed by atoms with Gasteiger partial charge >= 0.3 is 6.18 Å². The second kappa shape index (κ2) is 5.06. The highest BCUT2D eigenvalue weighted by atomic mass is 19.4. The monoisotopic (exact) mass is 263 g/mol. The summed E-state index contributed by atoms with van der Waals surface area (Å²) in [6.07, 6.45) is -4.42. The normalized spacial score (nSPS) is 15.1. The number of hydrogen-bond donors (Lipinski definition) is 1. The van der Waals surface area contributed by atoms with Crippen LogP contribution in [0.5, 0.6) is 11.5 Å². The number of rotatable bonds is 4. The van der Waals surface area contributed by atoms with Crippen molar-refractivity contribution in [2.24, 2.45) is 0 Å². The molecule has 1 aromatic rings. The lowest BCUT2D eigenvalue weighted by Crippen LogP contribution is -2.49. The van der Waals surface area contributed by atoms with Crippen LogP contribution >= 0.6 is 0 Å². The van der Waals surface area contributed by atoms with Gasteiger partial charge in [-0.05, 0) is 31.7 Å². The molecule has 0 aliphatic carbocycles. The second-order valence-electron chi connectivity index (χ2n) is 3.94. The molecule has 1 rings (SSSR count). The van der Waals surface area contributed by atoms with E-state index in [4.69, 9.17) is 9.47 Å². The van der Waals surface area contributed by atoms with E-state index >= 15 is 0 Å². The lowest BCUT2D eigenvalue weighted by molar-refractivity contribution is -0.193. The molecule has 0 saturated heterocycles. The highest BCUT2D eigenvalue weighted by molar-refractivity contribution is 5.45. The van der Waals surface area contributed by atoms with Gasteiger partial charge in [0.2, 0.25) is 0 Å². The van der Waals surface area contributed by atoms with Crippen LogP contribution in [-0.2, 0) is 5.54 Å². The zero-order valence-corrected chi connectivity index (χ0v) is 10.7. The predicted octanol–water partition coefficient (Wildman–Crippen LogP) is 2.70. The van der Waals surface area contributed by atoms with Crippen molar-refractivity contribution in [1.82, 2.24) is 5.32 Å². The average Bonchev–Trinajstić information content (AvgIpc) is 2.35. The Bertz CT molecular complexity index is 420. The summed E-state index contributed by atoms with van der Waals surface area (Å²) in [4.78, 5) is 0. The molecule has 1 N–H and O–H groups in total. The third-order valence-corrected chi connectivity index (χ3v) is 3.03. The third kappa shape index (κ3) is 2.38. The molecule has 0 spiro atoms. The van der Waals surface area contributed by atoms with Gasteiger partial charge in [0.05, 0.1) is 14.2 Å². The van der Waals surface area contributed by atoms with E-state index in [1.165, 1.54) is 39.5 Å². The highest BCUT2D eigenvalue weighted by Gasteiger charge is 2.51. The quantitative estimate of drug-likeness (QED) is 0.906. The smallest absolute Gasteiger partial charge is 0.410 e. The predicted molar refractivity (Wildman–Crippen MR) is 62.0 cm³/mol. The molecule has 0 bridgehead atoms. The molecule has 102 valence electrons. The zero-order valence-electron chi connectivity index (χ0n) is 10.7. The van der Waals surface area contributed by atoms with Gasteiger partial charge in [0.15, 0.2) is 11.5 Å². The molecule has 6 heteroatoms. The Morgan fingerprint density at radius 1 is 1.06 bits per heavy atom. The van der Waals surface area contributed by atoms with Crippen LogP contribution in [0.25, 0.3) is 0 Å². The van der Waals surface area contributed by atoms with E-state index in [9.17, 15) is 13.2 Å². The number of alkyl halides is 3. The van der Waals surface area contributed by atoms with Gasteiger partial charge in [-0.3, -0.25) is 0 Å². The molecular formula is C12H16F3NO2. The first-order valence-corrected chi connectivity index (χ1v) is 5.28. The van der Waals surface area contributed by atoms with Gasteiger partial charge in [-0.1, -0.05) is 6.07 Å². The van der Waals surface area contributed by atoms with Crippen molar-refractivity contribution in [3.05, 3.63) is 23.8 Å². The Hall–Kier alpha value is -1.43. The maximum Gasteiger partial charge on any atom is 0.410 e. The Labute approximate surface area is 104 Å². The first-order chi connectivity index (χ1) is 8.30. The SMILES string of the molecule is CNC(C)(c1ccc(OC)c(OC)c1)C(F)(F)F. The minimum atomic E-state index is -4.42. The topological polar surface area (TPSA) is 30.5 Å². The fraction of sp³-hybridized carbons (Fsp3) is 0.500. The minimum absolute atomic E-state index is 0.0650. The number of methoxy groups -OCH3 is 2. The van der Waals surface area contributed by atoms with Crippen LogP contribution in [0.2, 0.25) is 0 Å². The van der Waals surface area contributed by atoms with Crippen LogP contribution in [0.1, 0.15) is 12.5 Å². The summed E-state index contributed by atoms with van der Waals surface area (Å²) in [5.74, 6) is 0.655. The van der Waals surface area contributed by atoms with Crippen LogP contribution in [0.4, 0.5) is 13.2 Å². The van der Waals surface area contributed by atoms with Gasteiger partial charge in [-0.15, -0.1) is 0 Å². The van der Waals surface area contributed by atoms with E-state index in [0.717, 1.165) is 6.92 Å². The van der Waals surface area contributed by atoms with E-state index in [1.807, 2.05) is 0 Å². The van der Waals surface area contributed by atoms with Crippen molar-refractivity contribution in [1.29, 1.82) is 0 Å². The molecule has 18 heavy (non-hydrogen) atoms. The van der Waals surface area contributed by atoms with Crippen LogP contribution < -0.4 is 14.8 Å². The minimum Gasteiger partial charge on any atom is -0.493 e. The molecule has 0 fully saturated rings. The first kappa shape index (κ1) is 14.6. The van der Waals surface area contributed by atoms with Gasteiger partial charge in [0.25, 0.3) is 0 Å². The molecule has 0 aliphatic rings. The molecule has 0 aliphatic heterocycles. The zero-order chi connectivity index (χ0) is 14.0. The van der Waals surface area contributed by atoms with Crippen molar-refractivity contribution in [2.45, 2.75) is 18.6 Å². The second-order valence-corrected chi connectivity index (χ2v) is 3.94. The molecule has 1 atom stereocenters. The number of benzene rings is 1. The Morgan fingerprint density at radius 2 is 1.61 bits per heavy atom. The fourth-order valence-corrected chi connectivity index (χ4v) is 1.60. The van der Waals surface area contributed by atoms with Crippen molar-refractivity contribution >= 4 is 0 Å². The van der Waals surface area contributed by atoms with Crippen molar-refractivity contribution < 1.29 is 22.6 Å². The summed E-state index contributed by atoms with van der Waals surface area (Å²) >= 11 is 0. The first-order valence-electron chi connectivity index (χ1n) is 5.28. The largest absolute Gasteiger partial charge is 0.493 e. The summed E-state index contributed by atoms with van der Waals surface area (Å²) < 4.78 is 49.2. The van der Waals surface area contributed by atoms with E-state index in [-0.39, 0.29) is 11.3 Å². The standard InChI is InChI=1S/C12H16F3NO2/c1-11(16-2,12(13,14)15)8-5-6-9(17-3)10(7-8)18-4/h5-7,16H,1-4H3. The van der Waals surface area contributed by atoms with Crippen LogP contribution in [-0.4, -0.2) is 27.4 Å². The van der Waals surface area contributed by atoms with Gasteiger partial charge in [-0.2, -0.15) is 13.2 Å². The number of nitrogens with one attached hydrogen (secondary N) is 1. The van der Waals surface area contributed by atoms with E-state index in [2.05, 4.69) is 5.32 Å². The maximum atomic E-state index is 13.1. The molecular weight excluding hydrogens is 247 g/mol. The van der Waals surface area contributed by atoms with Crippen LogP contribution in [0, 0.1) is 0 Å². The molecule has 0 heterocycles. The van der Waals surface area contributed by atoms with Crippen molar-refractivity contribution in [3.8, 4) is 11.5 Å². The maximum absolute atomic E-state index is 13.1. The van der Waals surface area contributed by atoms with Crippen LogP contribution in [0.15, 0.2) is 18.2 Å². The van der Waals surface area contributed by atoms with Gasteiger partial charge in [-0.25, -0.2) is 0 Å². The van der Waals surface area contributed by atoms with Crippen molar-refractivity contribution in [3.63, 3.8) is 0 Å². The Morgan fingerprint density at radius 3 is 2.00 bits per heavy atom. The summed E-state index contributed by atoms with van der Waals surface area (Å²) in [6, 6.07) is 4.14. The molecule has 0 radical (unpaired) electrons. The van der Waals surface area contributed by atoms with Gasteiger partial charge in [0.1, 0.15) is 5.54 Å². The van der Waals surface area contributed by atoms with Gasteiger partial charge < -0.3 is 14.8 Å². The summed E-state index contributed by atoms with van der Waals surface area (Å²) in [5.41, 5.74) is -2.07. The van der Waals surface area contributed by atoms with E-state index < -0.39 is 11.7 Å². The summed E-state index contributed by atoms with van der Waals surface area (Å²) in [5, 5.41) is 2.30. The van der Waals surface area contributed by atoms with E-state index in [1.54, 1.807) is 0 Å². The molecule has 1 unspecified atom stereocenters. The average molecular weight is 263 g/mol. The lowest BCUT2D eigenvalue weighted by Gasteiger charge is -2.32. The lowest BCUT2D eigenvalue weighted by atomic mass is 9.91. The molecule has 0 saturated carbocycles. The fourth-order valence-electron chi connectivity index (χ4n) is 1.60. The Balaban J connectivity index is 3.32. The highest BCUT2D eigenvalue weighted by Crippen LogP contribution is 2.41. The number of hydrogen-bond acceptors (Lipinski definition) is 3. The molecule has 0 amide bonds. The summed E-state index contributed by atoms with van der Waals surface area (Å²) in [7, 11) is 4.08. The number of ether oxygens (including phenoxy) is 2. The third-order valence-electron chi connectivity index (χ3n) is 3.03. The molecule has 0 aromatic heterocycles. The van der Waals surface area contributed by atoms with Gasteiger partial charge in [0, 0.05) is 0 Å². The number of halogens is 3. The Kier molecular flexibility index (Phi) is 4.11. The summed E-state index contributed by atoms with van der Waals surface area (Å²) in [6.45, 7) is 1.08. The molecule has 1 aromatic carbocycles. The van der Waals surface area contributed by atoms with Crippen molar-refractivity contribution in [2.75, 3.05) is 21.3 Å². The van der Waals surface area contributed by atoms with Crippen LogP contribution in [0.3, 0.4) is 0 Å². The molecule has 3 nitrogen and oxygen atoms in total. The van der Waals surface area contributed by atoms with E-state index in [0.29, 0.717) is 5.75 Å².